The number of para-hydroxylation sites is 1. The van der Waals surface area contributed by atoms with E-state index in [1.54, 1.807) is 0 Å². The van der Waals surface area contributed by atoms with Gasteiger partial charge in [0.1, 0.15) is 5.75 Å². The van der Waals surface area contributed by atoms with Gasteiger partial charge in [0.05, 0.1) is 6.61 Å². The smallest absolute Gasteiger partial charge is 0.122 e. The predicted molar refractivity (Wildman–Crippen MR) is 66.0 cm³/mol. The van der Waals surface area contributed by atoms with Crippen molar-refractivity contribution < 1.29 is 4.74 Å². The molecule has 0 radical (unpaired) electrons. The van der Waals surface area contributed by atoms with Gasteiger partial charge in [0, 0.05) is 5.88 Å². The third-order valence-corrected chi connectivity index (χ3v) is 2.59. The molecule has 0 aliphatic carbocycles. The van der Waals surface area contributed by atoms with E-state index in [1.807, 2.05) is 12.1 Å². The summed E-state index contributed by atoms with van der Waals surface area (Å²) in [5.74, 6) is 2.24. The van der Waals surface area contributed by atoms with Gasteiger partial charge in [-0.05, 0) is 30.4 Å². The molecule has 15 heavy (non-hydrogen) atoms. The molecule has 2 heteroatoms. The number of benzene rings is 1. The summed E-state index contributed by atoms with van der Waals surface area (Å²) in [5, 5.41) is 0. The van der Waals surface area contributed by atoms with Crippen molar-refractivity contribution in [1.82, 2.24) is 0 Å². The molecule has 0 atom stereocenters. The average Bonchev–Trinajstić information content (AvgIpc) is 2.25. The lowest BCUT2D eigenvalue weighted by Crippen LogP contribution is -2.01. The van der Waals surface area contributed by atoms with Crippen molar-refractivity contribution in [3.05, 3.63) is 29.8 Å². The quantitative estimate of drug-likeness (QED) is 0.522. The molecule has 0 saturated carbocycles. The molecule has 0 aliphatic heterocycles. The van der Waals surface area contributed by atoms with Crippen LogP contribution in [-0.4, -0.2) is 12.5 Å². The Morgan fingerprint density at radius 2 is 1.93 bits per heavy atom. The van der Waals surface area contributed by atoms with Crippen LogP contribution in [-0.2, 0) is 0 Å². The maximum absolute atomic E-state index is 5.74. The van der Waals surface area contributed by atoms with Crippen LogP contribution in [0.15, 0.2) is 24.3 Å². The number of hydrogen-bond donors (Lipinski definition) is 0. The monoisotopic (exact) mass is 226 g/mol. The highest BCUT2D eigenvalue weighted by Gasteiger charge is 2.05. The fourth-order valence-electron chi connectivity index (χ4n) is 1.47. The average molecular weight is 227 g/mol. The van der Waals surface area contributed by atoms with E-state index >= 15 is 0 Å². The molecule has 0 saturated heterocycles. The highest BCUT2D eigenvalue weighted by molar-refractivity contribution is 6.17. The lowest BCUT2D eigenvalue weighted by Gasteiger charge is -2.13. The molecular weight excluding hydrogens is 208 g/mol. The molecule has 0 N–H and O–H groups in total. The van der Waals surface area contributed by atoms with Crippen LogP contribution in [0.3, 0.4) is 0 Å². The van der Waals surface area contributed by atoms with Gasteiger partial charge in [0.2, 0.25) is 0 Å². The minimum Gasteiger partial charge on any atom is -0.493 e. The maximum atomic E-state index is 5.74. The van der Waals surface area contributed by atoms with Crippen LogP contribution in [0.2, 0.25) is 0 Å². The van der Waals surface area contributed by atoms with Gasteiger partial charge in [0.25, 0.3) is 0 Å². The number of hydrogen-bond acceptors (Lipinski definition) is 1. The normalized spacial score (nSPS) is 10.7. The van der Waals surface area contributed by atoms with Crippen LogP contribution >= 0.6 is 11.6 Å². The first kappa shape index (κ1) is 12.4. The lowest BCUT2D eigenvalue weighted by atomic mass is 10.0. The van der Waals surface area contributed by atoms with E-state index < -0.39 is 0 Å². The predicted octanol–water partition coefficient (Wildman–Crippen LogP) is 4.21. The summed E-state index contributed by atoms with van der Waals surface area (Å²) in [5.41, 5.74) is 1.28. The SMILES string of the molecule is CC(C)c1ccccc1OCCCCCl. The summed E-state index contributed by atoms with van der Waals surface area (Å²) >= 11 is 5.61. The third-order valence-electron chi connectivity index (χ3n) is 2.33. The van der Waals surface area contributed by atoms with Crippen LogP contribution in [0.1, 0.15) is 38.2 Å². The molecule has 0 heterocycles. The van der Waals surface area contributed by atoms with E-state index in [2.05, 4.69) is 26.0 Å². The van der Waals surface area contributed by atoms with Crippen molar-refractivity contribution in [1.29, 1.82) is 0 Å². The summed E-state index contributed by atoms with van der Waals surface area (Å²) in [4.78, 5) is 0. The molecule has 0 fully saturated rings. The summed E-state index contributed by atoms with van der Waals surface area (Å²) in [6, 6.07) is 8.24. The Bertz CT molecular complexity index is 284. The Kier molecular flexibility index (Phi) is 5.56. The van der Waals surface area contributed by atoms with Crippen molar-refractivity contribution >= 4 is 11.6 Å². The fourth-order valence-corrected chi connectivity index (χ4v) is 1.66. The minimum atomic E-state index is 0.509. The number of halogens is 1. The molecule has 0 bridgehead atoms. The van der Waals surface area contributed by atoms with E-state index in [0.29, 0.717) is 5.92 Å². The van der Waals surface area contributed by atoms with Gasteiger partial charge in [-0.1, -0.05) is 32.0 Å². The van der Waals surface area contributed by atoms with Crippen molar-refractivity contribution in [3.63, 3.8) is 0 Å². The maximum Gasteiger partial charge on any atom is 0.122 e. The minimum absolute atomic E-state index is 0.509. The highest BCUT2D eigenvalue weighted by Crippen LogP contribution is 2.25. The molecule has 84 valence electrons. The second kappa shape index (κ2) is 6.73. The van der Waals surface area contributed by atoms with Crippen LogP contribution in [0.5, 0.6) is 5.75 Å². The molecule has 0 amide bonds. The number of unbranched alkanes of at least 4 members (excludes halogenated alkanes) is 1. The largest absolute Gasteiger partial charge is 0.493 e. The standard InChI is InChI=1S/C13H19ClO/c1-11(2)12-7-3-4-8-13(12)15-10-6-5-9-14/h3-4,7-8,11H,5-6,9-10H2,1-2H3. The molecule has 0 aromatic heterocycles. The summed E-state index contributed by atoms with van der Waals surface area (Å²) in [6.07, 6.45) is 2.04. The Morgan fingerprint density at radius 1 is 1.20 bits per heavy atom. The molecule has 1 nitrogen and oxygen atoms in total. The Balaban J connectivity index is 2.52. The molecule has 0 unspecified atom stereocenters. The fraction of sp³-hybridized carbons (Fsp3) is 0.538. The number of alkyl halides is 1. The van der Waals surface area contributed by atoms with E-state index in [9.17, 15) is 0 Å². The van der Waals surface area contributed by atoms with E-state index in [1.165, 1.54) is 5.56 Å². The first-order valence-corrected chi connectivity index (χ1v) is 6.07. The number of ether oxygens (including phenoxy) is 1. The zero-order valence-electron chi connectivity index (χ0n) is 9.50. The van der Waals surface area contributed by atoms with Crippen LogP contribution in [0, 0.1) is 0 Å². The Morgan fingerprint density at radius 3 is 2.60 bits per heavy atom. The Labute approximate surface area is 97.4 Å². The van der Waals surface area contributed by atoms with E-state index in [-0.39, 0.29) is 0 Å². The zero-order valence-corrected chi connectivity index (χ0v) is 10.3. The van der Waals surface area contributed by atoms with Gasteiger partial charge >= 0.3 is 0 Å². The van der Waals surface area contributed by atoms with Crippen molar-refractivity contribution in [2.45, 2.75) is 32.6 Å². The van der Waals surface area contributed by atoms with Crippen LogP contribution in [0.25, 0.3) is 0 Å². The molecule has 1 aromatic carbocycles. The summed E-state index contributed by atoms with van der Waals surface area (Å²) in [7, 11) is 0. The second-order valence-electron chi connectivity index (χ2n) is 3.94. The van der Waals surface area contributed by atoms with Gasteiger partial charge < -0.3 is 4.74 Å². The van der Waals surface area contributed by atoms with Crippen molar-refractivity contribution in [2.24, 2.45) is 0 Å². The third kappa shape index (κ3) is 4.13. The summed E-state index contributed by atoms with van der Waals surface area (Å²) < 4.78 is 5.74. The molecule has 0 spiro atoms. The summed E-state index contributed by atoms with van der Waals surface area (Å²) in [6.45, 7) is 5.12. The second-order valence-corrected chi connectivity index (χ2v) is 4.32. The highest BCUT2D eigenvalue weighted by atomic mass is 35.5. The lowest BCUT2D eigenvalue weighted by molar-refractivity contribution is 0.305. The van der Waals surface area contributed by atoms with Gasteiger partial charge in [-0.2, -0.15) is 0 Å². The van der Waals surface area contributed by atoms with Gasteiger partial charge in [-0.25, -0.2) is 0 Å². The van der Waals surface area contributed by atoms with Gasteiger partial charge in [0.15, 0.2) is 0 Å². The Hall–Kier alpha value is -0.690. The van der Waals surface area contributed by atoms with E-state index in [4.69, 9.17) is 16.3 Å². The first-order valence-electron chi connectivity index (χ1n) is 5.53. The van der Waals surface area contributed by atoms with Gasteiger partial charge in [-0.15, -0.1) is 11.6 Å². The van der Waals surface area contributed by atoms with Crippen LogP contribution in [0.4, 0.5) is 0 Å². The molecule has 0 aliphatic rings. The molecular formula is C13H19ClO. The van der Waals surface area contributed by atoms with Crippen molar-refractivity contribution in [2.75, 3.05) is 12.5 Å². The van der Waals surface area contributed by atoms with Crippen LogP contribution < -0.4 is 4.74 Å². The first-order chi connectivity index (χ1) is 7.25. The zero-order chi connectivity index (χ0) is 11.1. The number of rotatable bonds is 6. The molecule has 1 aromatic rings. The molecule has 1 rings (SSSR count). The van der Waals surface area contributed by atoms with E-state index in [0.717, 1.165) is 31.1 Å². The van der Waals surface area contributed by atoms with Crippen molar-refractivity contribution in [3.8, 4) is 5.75 Å². The topological polar surface area (TPSA) is 9.23 Å². The van der Waals surface area contributed by atoms with Gasteiger partial charge in [-0.3, -0.25) is 0 Å².